The van der Waals surface area contributed by atoms with Crippen molar-refractivity contribution in [1.29, 1.82) is 0 Å². The first-order chi connectivity index (χ1) is 11.6. The molecule has 0 spiro atoms. The lowest BCUT2D eigenvalue weighted by Crippen LogP contribution is -2.51. The number of hydrogen-bond donors (Lipinski definition) is 1. The Balaban J connectivity index is 1.88. The van der Waals surface area contributed by atoms with E-state index in [0.29, 0.717) is 5.69 Å². The van der Waals surface area contributed by atoms with E-state index < -0.39 is 11.6 Å². The minimum atomic E-state index is -0.577. The van der Waals surface area contributed by atoms with Gasteiger partial charge in [-0.05, 0) is 44.0 Å². The fraction of sp³-hybridized carbons (Fsp3) is 0.316. The Morgan fingerprint density at radius 3 is 2.67 bits per heavy atom. The van der Waals surface area contributed by atoms with Crippen molar-refractivity contribution in [1.82, 2.24) is 5.32 Å². The molecule has 0 bridgehead atoms. The Morgan fingerprint density at radius 1 is 1.17 bits per heavy atom. The smallest absolute Gasteiger partial charge is 0.141 e. The molecule has 2 aromatic carbocycles. The molecule has 1 N–H and O–H groups in total. The summed E-state index contributed by atoms with van der Waals surface area (Å²) in [5, 5.41) is 5.39. The van der Waals surface area contributed by atoms with Gasteiger partial charge in [-0.2, -0.15) is 0 Å². The molecular weight excluding hydrogens is 308 g/mol. The number of aryl methyl sites for hydroxylation is 1. The predicted molar refractivity (Wildman–Crippen MR) is 90.1 cm³/mol. The van der Waals surface area contributed by atoms with Crippen LogP contribution in [-0.2, 0) is 0 Å². The highest BCUT2D eigenvalue weighted by Crippen LogP contribution is 2.26. The summed E-state index contributed by atoms with van der Waals surface area (Å²) in [7, 11) is 0. The van der Waals surface area contributed by atoms with E-state index in [1.165, 1.54) is 12.1 Å². The average Bonchev–Trinajstić information content (AvgIpc) is 3.07. The lowest BCUT2D eigenvalue weighted by Gasteiger charge is -2.34. The number of para-hydroxylation sites is 1. The Kier molecular flexibility index (Phi) is 3.81. The highest BCUT2D eigenvalue weighted by Gasteiger charge is 2.30. The maximum atomic E-state index is 13.7. The van der Waals surface area contributed by atoms with Gasteiger partial charge in [0.2, 0.25) is 0 Å². The van der Waals surface area contributed by atoms with E-state index >= 15 is 0 Å². The summed E-state index contributed by atoms with van der Waals surface area (Å²) in [6.07, 6.45) is 3.83. The summed E-state index contributed by atoms with van der Waals surface area (Å²) in [6.45, 7) is 2.98. The minimum absolute atomic E-state index is 0.167. The van der Waals surface area contributed by atoms with Gasteiger partial charge in [0.25, 0.3) is 0 Å². The highest BCUT2D eigenvalue weighted by atomic mass is 19.1. The molecule has 3 nitrogen and oxygen atoms in total. The number of hydrogen-bond acceptors (Lipinski definition) is 3. The summed E-state index contributed by atoms with van der Waals surface area (Å²) < 4.78 is 27.4. The monoisotopic (exact) mass is 327 g/mol. The highest BCUT2D eigenvalue weighted by molar-refractivity contribution is 5.61. The normalized spacial score (nSPS) is 22.7. The lowest BCUT2D eigenvalue weighted by atomic mass is 10.1. The van der Waals surface area contributed by atoms with Gasteiger partial charge >= 0.3 is 0 Å². The zero-order chi connectivity index (χ0) is 16.7. The van der Waals surface area contributed by atoms with E-state index in [2.05, 4.69) is 5.32 Å². The SMILES string of the molecule is Cc1cccc2c1=N[C@@H](C1CCCN1)N(c1cc(F)cc(F)c1)C=2. The molecule has 1 saturated heterocycles. The number of fused-ring (bicyclic) bond motifs is 1. The average molecular weight is 327 g/mol. The van der Waals surface area contributed by atoms with Crippen molar-refractivity contribution in [2.24, 2.45) is 4.99 Å². The van der Waals surface area contributed by atoms with Crippen LogP contribution in [0.4, 0.5) is 14.5 Å². The van der Waals surface area contributed by atoms with Crippen molar-refractivity contribution in [3.63, 3.8) is 0 Å². The molecule has 5 heteroatoms. The van der Waals surface area contributed by atoms with Gasteiger partial charge < -0.3 is 10.2 Å². The van der Waals surface area contributed by atoms with Crippen molar-refractivity contribution in [2.75, 3.05) is 11.4 Å². The van der Waals surface area contributed by atoms with E-state index in [9.17, 15) is 8.78 Å². The van der Waals surface area contributed by atoms with Crippen molar-refractivity contribution in [3.05, 3.63) is 64.2 Å². The lowest BCUT2D eigenvalue weighted by molar-refractivity contribution is 0.481. The van der Waals surface area contributed by atoms with Gasteiger partial charge in [-0.3, -0.25) is 4.99 Å². The maximum Gasteiger partial charge on any atom is 0.141 e. The largest absolute Gasteiger partial charge is 0.323 e. The maximum absolute atomic E-state index is 13.7. The Morgan fingerprint density at radius 2 is 1.96 bits per heavy atom. The van der Waals surface area contributed by atoms with E-state index in [1.807, 2.05) is 36.2 Å². The molecular formula is C19H19F2N3. The topological polar surface area (TPSA) is 27.6 Å². The van der Waals surface area contributed by atoms with Crippen LogP contribution < -0.4 is 20.8 Å². The van der Waals surface area contributed by atoms with Gasteiger partial charge in [-0.25, -0.2) is 8.78 Å². The molecule has 4 rings (SSSR count). The van der Waals surface area contributed by atoms with Crippen LogP contribution in [-0.4, -0.2) is 18.8 Å². The summed E-state index contributed by atoms with van der Waals surface area (Å²) >= 11 is 0. The van der Waals surface area contributed by atoms with Crippen LogP contribution >= 0.6 is 0 Å². The molecule has 124 valence electrons. The van der Waals surface area contributed by atoms with E-state index in [-0.39, 0.29) is 12.2 Å². The number of benzene rings is 2. The Labute approximate surface area is 139 Å². The summed E-state index contributed by atoms with van der Waals surface area (Å²) in [5.41, 5.74) is 1.60. The first-order valence-electron chi connectivity index (χ1n) is 8.25. The number of nitrogens with zero attached hydrogens (tertiary/aromatic N) is 2. The molecule has 24 heavy (non-hydrogen) atoms. The number of anilines is 1. The molecule has 2 aromatic rings. The van der Waals surface area contributed by atoms with Gasteiger partial charge in [0.1, 0.15) is 17.8 Å². The molecule has 2 heterocycles. The molecule has 0 radical (unpaired) electrons. The number of halogens is 2. The first-order valence-corrected chi connectivity index (χ1v) is 8.25. The van der Waals surface area contributed by atoms with Crippen LogP contribution in [0.2, 0.25) is 0 Å². The standard InChI is InChI=1S/C19H19F2N3/c1-12-4-2-5-13-11-24(16-9-14(20)8-15(21)10-16)19(23-18(12)13)17-6-3-7-22-17/h2,4-5,8-11,17,19,22H,3,6-7H2,1H3/t17?,19-/m1/s1. The predicted octanol–water partition coefficient (Wildman–Crippen LogP) is 2.23. The zero-order valence-corrected chi connectivity index (χ0v) is 13.5. The zero-order valence-electron chi connectivity index (χ0n) is 13.5. The second kappa shape index (κ2) is 5.98. The summed E-state index contributed by atoms with van der Waals surface area (Å²) in [5.74, 6) is -1.15. The quantitative estimate of drug-likeness (QED) is 0.916. The molecule has 0 aromatic heterocycles. The molecule has 1 unspecified atom stereocenters. The third-order valence-electron chi connectivity index (χ3n) is 4.70. The molecule has 1 fully saturated rings. The molecule has 2 atom stereocenters. The fourth-order valence-electron chi connectivity index (χ4n) is 3.55. The van der Waals surface area contributed by atoms with Gasteiger partial charge in [-0.1, -0.05) is 18.2 Å². The molecule has 2 aliphatic heterocycles. The van der Waals surface area contributed by atoms with Crippen LogP contribution in [0.25, 0.3) is 6.20 Å². The molecule has 0 aliphatic carbocycles. The van der Waals surface area contributed by atoms with Crippen molar-refractivity contribution < 1.29 is 8.78 Å². The van der Waals surface area contributed by atoms with Crippen molar-refractivity contribution >= 4 is 11.9 Å². The van der Waals surface area contributed by atoms with Crippen LogP contribution in [0, 0.1) is 18.6 Å². The van der Waals surface area contributed by atoms with Crippen LogP contribution in [0.5, 0.6) is 0 Å². The number of rotatable bonds is 2. The van der Waals surface area contributed by atoms with Gasteiger partial charge in [-0.15, -0.1) is 0 Å². The van der Waals surface area contributed by atoms with Gasteiger partial charge in [0.15, 0.2) is 0 Å². The van der Waals surface area contributed by atoms with Crippen LogP contribution in [0.1, 0.15) is 18.4 Å². The molecule has 0 amide bonds. The number of nitrogens with one attached hydrogen (secondary N) is 1. The van der Waals surface area contributed by atoms with Crippen molar-refractivity contribution in [3.8, 4) is 0 Å². The molecule has 0 saturated carbocycles. The second-order valence-electron chi connectivity index (χ2n) is 6.42. The minimum Gasteiger partial charge on any atom is -0.323 e. The first kappa shape index (κ1) is 15.3. The Hall–Kier alpha value is -2.27. The van der Waals surface area contributed by atoms with E-state index in [4.69, 9.17) is 4.99 Å². The summed E-state index contributed by atoms with van der Waals surface area (Å²) in [4.78, 5) is 6.82. The van der Waals surface area contributed by atoms with Crippen molar-refractivity contribution in [2.45, 2.75) is 32.0 Å². The second-order valence-corrected chi connectivity index (χ2v) is 6.42. The van der Waals surface area contributed by atoms with E-state index in [0.717, 1.165) is 41.6 Å². The van der Waals surface area contributed by atoms with Gasteiger partial charge in [0, 0.05) is 29.2 Å². The van der Waals surface area contributed by atoms with E-state index in [1.54, 1.807) is 0 Å². The Bertz CT molecular complexity index is 868. The van der Waals surface area contributed by atoms with Crippen LogP contribution in [0.3, 0.4) is 0 Å². The fourth-order valence-corrected chi connectivity index (χ4v) is 3.55. The summed E-state index contributed by atoms with van der Waals surface area (Å²) in [6, 6.07) is 9.76. The molecule has 2 aliphatic rings. The third kappa shape index (κ3) is 2.69. The van der Waals surface area contributed by atoms with Crippen LogP contribution in [0.15, 0.2) is 41.4 Å². The van der Waals surface area contributed by atoms with Gasteiger partial charge in [0.05, 0.1) is 5.36 Å². The third-order valence-corrected chi connectivity index (χ3v) is 4.70.